The lowest BCUT2D eigenvalue weighted by Crippen LogP contribution is -2.40. The van der Waals surface area contributed by atoms with Crippen molar-refractivity contribution in [2.75, 3.05) is 6.54 Å². The molecule has 0 aliphatic heterocycles. The van der Waals surface area contributed by atoms with Gasteiger partial charge in [0.2, 0.25) is 0 Å². The highest BCUT2D eigenvalue weighted by Crippen LogP contribution is 2.02. The number of aromatic nitrogens is 1. The molecule has 0 aliphatic carbocycles. The second-order valence-corrected chi connectivity index (χ2v) is 5.01. The SMILES string of the molecule is CCCCNC(=O)NS(=O)(=O)c1ccccn1. The number of carbonyl (C=O) groups is 1. The summed E-state index contributed by atoms with van der Waals surface area (Å²) in [5.74, 6) is 0. The minimum Gasteiger partial charge on any atom is -0.337 e. The van der Waals surface area contributed by atoms with E-state index in [-0.39, 0.29) is 5.03 Å². The summed E-state index contributed by atoms with van der Waals surface area (Å²) in [6, 6.07) is 3.72. The lowest BCUT2D eigenvalue weighted by Gasteiger charge is -2.07. The van der Waals surface area contributed by atoms with Gasteiger partial charge in [-0.15, -0.1) is 0 Å². The molecule has 0 unspecified atom stereocenters. The van der Waals surface area contributed by atoms with E-state index in [1.165, 1.54) is 18.3 Å². The van der Waals surface area contributed by atoms with Crippen LogP contribution < -0.4 is 10.0 Å². The van der Waals surface area contributed by atoms with E-state index in [0.29, 0.717) is 6.54 Å². The van der Waals surface area contributed by atoms with Crippen LogP contribution in [-0.4, -0.2) is 26.0 Å². The molecule has 1 heterocycles. The molecule has 2 amide bonds. The maximum atomic E-state index is 11.6. The zero-order chi connectivity index (χ0) is 12.7. The standard InChI is InChI=1S/C10H15N3O3S/c1-2-3-7-12-10(14)13-17(15,16)9-6-4-5-8-11-9/h4-6,8H,2-3,7H2,1H3,(H2,12,13,14). The summed E-state index contributed by atoms with van der Waals surface area (Å²) in [6.07, 6.45) is 3.08. The Kier molecular flexibility index (Phi) is 4.89. The molecule has 1 rings (SSSR count). The molecule has 0 radical (unpaired) electrons. The number of hydrogen-bond donors (Lipinski definition) is 2. The van der Waals surface area contributed by atoms with Gasteiger partial charge in [-0.3, -0.25) is 0 Å². The topological polar surface area (TPSA) is 88.2 Å². The number of carbonyl (C=O) groups excluding carboxylic acids is 1. The first-order valence-corrected chi connectivity index (χ1v) is 6.76. The maximum absolute atomic E-state index is 11.6. The van der Waals surface area contributed by atoms with Crippen LogP contribution in [0.5, 0.6) is 0 Å². The number of pyridine rings is 1. The fourth-order valence-electron chi connectivity index (χ4n) is 1.10. The van der Waals surface area contributed by atoms with Crippen molar-refractivity contribution in [3.05, 3.63) is 24.4 Å². The minimum absolute atomic E-state index is 0.175. The molecule has 7 heteroatoms. The lowest BCUT2D eigenvalue weighted by atomic mass is 10.3. The normalized spacial score (nSPS) is 10.9. The van der Waals surface area contributed by atoms with E-state index in [9.17, 15) is 13.2 Å². The summed E-state index contributed by atoms with van der Waals surface area (Å²) >= 11 is 0. The fraction of sp³-hybridized carbons (Fsp3) is 0.400. The number of sulfonamides is 1. The molecule has 0 saturated carbocycles. The van der Waals surface area contributed by atoms with Crippen molar-refractivity contribution < 1.29 is 13.2 Å². The Bertz CT molecular complexity index is 459. The number of nitrogens with zero attached hydrogens (tertiary/aromatic N) is 1. The van der Waals surface area contributed by atoms with Crippen LogP contribution in [0.15, 0.2) is 29.4 Å². The van der Waals surface area contributed by atoms with Crippen LogP contribution in [0.1, 0.15) is 19.8 Å². The molecule has 0 spiro atoms. The summed E-state index contributed by atoms with van der Waals surface area (Å²) in [4.78, 5) is 14.9. The maximum Gasteiger partial charge on any atom is 0.328 e. The number of unbranched alkanes of at least 4 members (excludes halogenated alkanes) is 1. The van der Waals surface area contributed by atoms with E-state index in [2.05, 4.69) is 10.3 Å². The molecule has 1 aromatic heterocycles. The molecule has 2 N–H and O–H groups in total. The largest absolute Gasteiger partial charge is 0.337 e. The Balaban J connectivity index is 2.59. The third-order valence-electron chi connectivity index (χ3n) is 1.96. The summed E-state index contributed by atoms with van der Waals surface area (Å²) < 4.78 is 25.2. The molecule has 0 aromatic carbocycles. The second-order valence-electron chi connectivity index (χ2n) is 3.38. The quantitative estimate of drug-likeness (QED) is 0.766. The van der Waals surface area contributed by atoms with Gasteiger partial charge >= 0.3 is 6.03 Å². The first-order chi connectivity index (χ1) is 8.06. The van der Waals surface area contributed by atoms with Crippen LogP contribution in [0.25, 0.3) is 0 Å². The number of hydrogen-bond acceptors (Lipinski definition) is 4. The van der Waals surface area contributed by atoms with Gasteiger partial charge in [-0.05, 0) is 18.6 Å². The molecule has 0 atom stereocenters. The lowest BCUT2D eigenvalue weighted by molar-refractivity contribution is 0.245. The van der Waals surface area contributed by atoms with E-state index < -0.39 is 16.1 Å². The van der Waals surface area contributed by atoms with E-state index in [0.717, 1.165) is 12.8 Å². The molecule has 94 valence electrons. The Morgan fingerprint density at radius 2 is 2.18 bits per heavy atom. The molecular weight excluding hydrogens is 242 g/mol. The van der Waals surface area contributed by atoms with Gasteiger partial charge in [0.15, 0.2) is 5.03 Å². The molecular formula is C10H15N3O3S. The van der Waals surface area contributed by atoms with Crippen LogP contribution in [0.4, 0.5) is 4.79 Å². The van der Waals surface area contributed by atoms with Crippen LogP contribution in [-0.2, 0) is 10.0 Å². The van der Waals surface area contributed by atoms with E-state index >= 15 is 0 Å². The number of amides is 2. The van der Waals surface area contributed by atoms with Gasteiger partial charge in [0.1, 0.15) is 0 Å². The monoisotopic (exact) mass is 257 g/mol. The highest BCUT2D eigenvalue weighted by Gasteiger charge is 2.17. The summed E-state index contributed by atoms with van der Waals surface area (Å²) in [5, 5.41) is 2.28. The predicted octanol–water partition coefficient (Wildman–Crippen LogP) is 0.870. The smallest absolute Gasteiger partial charge is 0.328 e. The van der Waals surface area contributed by atoms with Crippen molar-refractivity contribution in [2.24, 2.45) is 0 Å². The highest BCUT2D eigenvalue weighted by atomic mass is 32.2. The first kappa shape index (κ1) is 13.4. The van der Waals surface area contributed by atoms with E-state index in [1.54, 1.807) is 6.07 Å². The van der Waals surface area contributed by atoms with Crippen molar-refractivity contribution in [1.29, 1.82) is 0 Å². The van der Waals surface area contributed by atoms with Crippen LogP contribution in [0, 0.1) is 0 Å². The third kappa shape index (κ3) is 4.39. The van der Waals surface area contributed by atoms with Gasteiger partial charge in [-0.1, -0.05) is 19.4 Å². The second kappa shape index (κ2) is 6.19. The number of urea groups is 1. The molecule has 0 saturated heterocycles. The molecule has 0 fully saturated rings. The van der Waals surface area contributed by atoms with Gasteiger partial charge in [0, 0.05) is 12.7 Å². The first-order valence-electron chi connectivity index (χ1n) is 5.28. The number of nitrogens with one attached hydrogen (secondary N) is 2. The van der Waals surface area contributed by atoms with Gasteiger partial charge in [0.25, 0.3) is 10.0 Å². The van der Waals surface area contributed by atoms with Gasteiger partial charge < -0.3 is 5.32 Å². The van der Waals surface area contributed by atoms with Crippen LogP contribution in [0.2, 0.25) is 0 Å². The van der Waals surface area contributed by atoms with Crippen molar-refractivity contribution in [3.63, 3.8) is 0 Å². The fourth-order valence-corrected chi connectivity index (χ4v) is 1.97. The molecule has 17 heavy (non-hydrogen) atoms. The average Bonchev–Trinajstić information content (AvgIpc) is 2.30. The van der Waals surface area contributed by atoms with Gasteiger partial charge in [-0.25, -0.2) is 14.5 Å². The number of rotatable bonds is 5. The predicted molar refractivity (Wildman–Crippen MR) is 62.9 cm³/mol. The van der Waals surface area contributed by atoms with E-state index in [1.807, 2.05) is 11.6 Å². The minimum atomic E-state index is -3.87. The zero-order valence-electron chi connectivity index (χ0n) is 9.51. The summed E-state index contributed by atoms with van der Waals surface area (Å²) in [5.41, 5.74) is 0. The van der Waals surface area contributed by atoms with Gasteiger partial charge in [-0.2, -0.15) is 8.42 Å². The Morgan fingerprint density at radius 3 is 2.76 bits per heavy atom. The molecule has 6 nitrogen and oxygen atoms in total. The van der Waals surface area contributed by atoms with Crippen molar-refractivity contribution >= 4 is 16.1 Å². The molecule has 1 aromatic rings. The highest BCUT2D eigenvalue weighted by molar-refractivity contribution is 7.90. The van der Waals surface area contributed by atoms with Crippen molar-refractivity contribution in [1.82, 2.24) is 15.0 Å². The third-order valence-corrected chi connectivity index (χ3v) is 3.20. The Hall–Kier alpha value is -1.63. The summed E-state index contributed by atoms with van der Waals surface area (Å²) in [7, 11) is -3.87. The van der Waals surface area contributed by atoms with Crippen LogP contribution in [0.3, 0.4) is 0 Å². The zero-order valence-corrected chi connectivity index (χ0v) is 10.3. The van der Waals surface area contributed by atoms with Gasteiger partial charge in [0.05, 0.1) is 0 Å². The van der Waals surface area contributed by atoms with Crippen molar-refractivity contribution in [2.45, 2.75) is 24.8 Å². The van der Waals surface area contributed by atoms with Crippen LogP contribution >= 0.6 is 0 Å². The van der Waals surface area contributed by atoms with Crippen molar-refractivity contribution in [3.8, 4) is 0 Å². The summed E-state index contributed by atoms with van der Waals surface area (Å²) in [6.45, 7) is 2.42. The average molecular weight is 257 g/mol. The Labute approximate surface area is 100 Å². The Morgan fingerprint density at radius 1 is 1.41 bits per heavy atom. The van der Waals surface area contributed by atoms with E-state index in [4.69, 9.17) is 0 Å². The molecule has 0 aliphatic rings. The molecule has 0 bridgehead atoms.